The van der Waals surface area contributed by atoms with Crippen LogP contribution >= 0.6 is 0 Å². The molecule has 0 heterocycles. The molecule has 0 unspecified atom stereocenters. The van der Waals surface area contributed by atoms with Crippen LogP contribution in [0.5, 0.6) is 0 Å². The minimum Gasteiger partial charge on any atom is -0.394 e. The highest BCUT2D eigenvalue weighted by Gasteiger charge is 1.95. The summed E-state index contributed by atoms with van der Waals surface area (Å²) in [6, 6.07) is 0. The van der Waals surface area contributed by atoms with Crippen LogP contribution in [0, 0.1) is 10.1 Å². The molecule has 0 rings (SSSR count). The van der Waals surface area contributed by atoms with E-state index in [1.807, 2.05) is 0 Å². The van der Waals surface area contributed by atoms with E-state index in [2.05, 4.69) is 4.74 Å². The van der Waals surface area contributed by atoms with E-state index in [-0.39, 0.29) is 13.2 Å². The standard InChI is InChI=1S/C7H15NO6/c9-1-2-12-3-4-13-5-6-14-7-8(10)11/h9H,1-7H2. The molecular formula is C7H15NO6. The first kappa shape index (κ1) is 13.2. The van der Waals surface area contributed by atoms with Gasteiger partial charge in [0.1, 0.15) is 0 Å². The predicted octanol–water partition coefficient (Wildman–Crippen LogP) is -0.737. The maximum absolute atomic E-state index is 9.80. The van der Waals surface area contributed by atoms with Gasteiger partial charge in [-0.2, -0.15) is 0 Å². The Morgan fingerprint density at radius 2 is 1.50 bits per heavy atom. The average Bonchev–Trinajstić information content (AvgIpc) is 2.15. The lowest BCUT2D eigenvalue weighted by Crippen LogP contribution is -2.13. The first-order chi connectivity index (χ1) is 6.77. The monoisotopic (exact) mass is 209 g/mol. The molecule has 0 radical (unpaired) electrons. The van der Waals surface area contributed by atoms with E-state index < -0.39 is 11.7 Å². The van der Waals surface area contributed by atoms with E-state index in [1.165, 1.54) is 0 Å². The lowest BCUT2D eigenvalue weighted by Gasteiger charge is -2.03. The molecule has 0 aliphatic heterocycles. The molecule has 7 nitrogen and oxygen atoms in total. The SMILES string of the molecule is O=[N+]([O-])COCCOCCOCCO. The summed E-state index contributed by atoms with van der Waals surface area (Å²) in [5.74, 6) is 0. The maximum Gasteiger partial charge on any atom is 0.306 e. The molecule has 0 amide bonds. The summed E-state index contributed by atoms with van der Waals surface area (Å²) in [5, 5.41) is 18.1. The maximum atomic E-state index is 9.80. The largest absolute Gasteiger partial charge is 0.394 e. The number of hydrogen-bond acceptors (Lipinski definition) is 6. The van der Waals surface area contributed by atoms with Gasteiger partial charge in [-0.3, -0.25) is 10.1 Å². The van der Waals surface area contributed by atoms with Crippen LogP contribution in [0.3, 0.4) is 0 Å². The Hall–Kier alpha value is -0.760. The van der Waals surface area contributed by atoms with Crippen molar-refractivity contribution in [2.45, 2.75) is 0 Å². The van der Waals surface area contributed by atoms with Crippen LogP contribution in [0.1, 0.15) is 0 Å². The topological polar surface area (TPSA) is 91.1 Å². The van der Waals surface area contributed by atoms with Gasteiger partial charge in [-0.25, -0.2) is 0 Å². The molecule has 0 aliphatic carbocycles. The van der Waals surface area contributed by atoms with Gasteiger partial charge in [0.2, 0.25) is 0 Å². The molecule has 0 fully saturated rings. The van der Waals surface area contributed by atoms with Crippen molar-refractivity contribution in [2.75, 3.05) is 46.4 Å². The number of hydrogen-bond donors (Lipinski definition) is 1. The van der Waals surface area contributed by atoms with E-state index in [4.69, 9.17) is 14.6 Å². The molecule has 0 spiro atoms. The fraction of sp³-hybridized carbons (Fsp3) is 1.00. The molecule has 0 atom stereocenters. The lowest BCUT2D eigenvalue weighted by molar-refractivity contribution is -0.526. The lowest BCUT2D eigenvalue weighted by atomic mass is 10.7. The summed E-state index contributed by atoms with van der Waals surface area (Å²) < 4.78 is 14.5. The zero-order chi connectivity index (χ0) is 10.6. The first-order valence-corrected chi connectivity index (χ1v) is 4.23. The molecule has 0 aliphatic rings. The minimum absolute atomic E-state index is 0.00799. The van der Waals surface area contributed by atoms with Crippen molar-refractivity contribution in [1.82, 2.24) is 0 Å². The smallest absolute Gasteiger partial charge is 0.306 e. The molecule has 0 aromatic rings. The van der Waals surface area contributed by atoms with Gasteiger partial charge in [-0.15, -0.1) is 0 Å². The summed E-state index contributed by atoms with van der Waals surface area (Å²) in [6.45, 7) is 1.08. The van der Waals surface area contributed by atoms with Gasteiger partial charge >= 0.3 is 6.73 Å². The second kappa shape index (κ2) is 10.3. The van der Waals surface area contributed by atoms with Crippen LogP contribution in [-0.4, -0.2) is 56.4 Å². The van der Waals surface area contributed by atoms with Gasteiger partial charge in [-0.1, -0.05) is 0 Å². The Kier molecular flexibility index (Phi) is 9.76. The fourth-order valence-corrected chi connectivity index (χ4v) is 0.643. The number of nitro groups is 1. The quantitative estimate of drug-likeness (QED) is 0.220. The fourth-order valence-electron chi connectivity index (χ4n) is 0.643. The highest BCUT2D eigenvalue weighted by molar-refractivity contribution is 4.31. The Bertz CT molecular complexity index is 142. The number of nitrogens with zero attached hydrogens (tertiary/aromatic N) is 1. The van der Waals surface area contributed by atoms with Crippen molar-refractivity contribution in [3.63, 3.8) is 0 Å². The third-order valence-electron chi connectivity index (χ3n) is 1.18. The summed E-state index contributed by atoms with van der Waals surface area (Å²) in [7, 11) is 0. The highest BCUT2D eigenvalue weighted by Crippen LogP contribution is 1.81. The van der Waals surface area contributed by atoms with E-state index >= 15 is 0 Å². The van der Waals surface area contributed by atoms with Crippen molar-refractivity contribution in [2.24, 2.45) is 0 Å². The van der Waals surface area contributed by atoms with E-state index in [0.29, 0.717) is 26.4 Å². The molecule has 0 aromatic heterocycles. The van der Waals surface area contributed by atoms with Crippen LogP contribution in [0.2, 0.25) is 0 Å². The number of rotatable bonds is 10. The third-order valence-corrected chi connectivity index (χ3v) is 1.18. The summed E-state index contributed by atoms with van der Waals surface area (Å²) in [6.07, 6.45) is 0. The van der Waals surface area contributed by atoms with Crippen molar-refractivity contribution < 1.29 is 24.2 Å². The number of ether oxygens (including phenoxy) is 3. The van der Waals surface area contributed by atoms with Crippen LogP contribution in [0.25, 0.3) is 0 Å². The van der Waals surface area contributed by atoms with Crippen molar-refractivity contribution in [3.8, 4) is 0 Å². The molecule has 0 bridgehead atoms. The Morgan fingerprint density at radius 3 is 2.00 bits per heavy atom. The molecule has 0 saturated carbocycles. The van der Waals surface area contributed by atoms with E-state index in [9.17, 15) is 10.1 Å². The van der Waals surface area contributed by atoms with Crippen LogP contribution in [-0.2, 0) is 14.2 Å². The Labute approximate surface area is 81.7 Å². The van der Waals surface area contributed by atoms with E-state index in [1.54, 1.807) is 0 Å². The summed E-state index contributed by atoms with van der Waals surface area (Å²) in [5.41, 5.74) is 0. The summed E-state index contributed by atoms with van der Waals surface area (Å²) >= 11 is 0. The van der Waals surface area contributed by atoms with Gasteiger partial charge in [0.15, 0.2) is 0 Å². The zero-order valence-corrected chi connectivity index (χ0v) is 7.89. The molecule has 0 aromatic carbocycles. The van der Waals surface area contributed by atoms with Gasteiger partial charge in [0.05, 0.1) is 39.6 Å². The molecular weight excluding hydrogens is 194 g/mol. The molecule has 84 valence electrons. The Morgan fingerprint density at radius 1 is 1.00 bits per heavy atom. The number of aliphatic hydroxyl groups excluding tert-OH is 1. The first-order valence-electron chi connectivity index (χ1n) is 4.23. The predicted molar refractivity (Wildman–Crippen MR) is 46.5 cm³/mol. The van der Waals surface area contributed by atoms with Crippen LogP contribution in [0.15, 0.2) is 0 Å². The average molecular weight is 209 g/mol. The van der Waals surface area contributed by atoms with Gasteiger partial charge < -0.3 is 19.3 Å². The second-order valence-corrected chi connectivity index (χ2v) is 2.32. The van der Waals surface area contributed by atoms with Crippen molar-refractivity contribution >= 4 is 0 Å². The summed E-state index contributed by atoms with van der Waals surface area (Å²) in [4.78, 5) is 9.25. The second-order valence-electron chi connectivity index (χ2n) is 2.32. The zero-order valence-electron chi connectivity index (χ0n) is 7.89. The molecule has 0 saturated heterocycles. The molecule has 1 N–H and O–H groups in total. The van der Waals surface area contributed by atoms with E-state index in [0.717, 1.165) is 0 Å². The van der Waals surface area contributed by atoms with Gasteiger partial charge in [0.25, 0.3) is 0 Å². The minimum atomic E-state index is -0.551. The normalized spacial score (nSPS) is 10.4. The highest BCUT2D eigenvalue weighted by atomic mass is 16.7. The molecule has 7 heteroatoms. The Balaban J connectivity index is 2.88. The van der Waals surface area contributed by atoms with Crippen LogP contribution < -0.4 is 0 Å². The number of aliphatic hydroxyl groups is 1. The van der Waals surface area contributed by atoms with Crippen molar-refractivity contribution in [3.05, 3.63) is 10.1 Å². The van der Waals surface area contributed by atoms with Gasteiger partial charge in [0, 0.05) is 4.92 Å². The van der Waals surface area contributed by atoms with Gasteiger partial charge in [-0.05, 0) is 0 Å². The third kappa shape index (κ3) is 11.2. The molecule has 14 heavy (non-hydrogen) atoms. The van der Waals surface area contributed by atoms with Crippen LogP contribution in [0.4, 0.5) is 0 Å². The van der Waals surface area contributed by atoms with Crippen molar-refractivity contribution in [1.29, 1.82) is 0 Å².